The predicted octanol–water partition coefficient (Wildman–Crippen LogP) is 2.13. The van der Waals surface area contributed by atoms with Gasteiger partial charge in [0.05, 0.1) is 18.2 Å². The molecule has 2 aromatic rings. The van der Waals surface area contributed by atoms with Crippen LogP contribution in [-0.4, -0.2) is 29.1 Å². The molecule has 1 aliphatic rings. The highest BCUT2D eigenvalue weighted by Crippen LogP contribution is 2.27. The Morgan fingerprint density at radius 1 is 1.05 bits per heavy atom. The van der Waals surface area contributed by atoms with E-state index in [0.29, 0.717) is 22.4 Å². The molecule has 0 unspecified atom stereocenters. The van der Waals surface area contributed by atoms with Gasteiger partial charge in [-0.2, -0.15) is 0 Å². The lowest BCUT2D eigenvalue weighted by Gasteiger charge is -2.13. The van der Waals surface area contributed by atoms with Gasteiger partial charge in [-0.05, 0) is 29.8 Å². The van der Waals surface area contributed by atoms with Crippen molar-refractivity contribution in [1.82, 2.24) is 5.06 Å². The molecule has 0 spiro atoms. The summed E-state index contributed by atoms with van der Waals surface area (Å²) < 4.78 is 4.94. The zero-order valence-electron chi connectivity index (χ0n) is 11.8. The Bertz CT molecular complexity index is 721. The first-order chi connectivity index (χ1) is 10.6. The van der Waals surface area contributed by atoms with Crippen LogP contribution in [-0.2, 0) is 11.4 Å². The monoisotopic (exact) mass is 299 g/mol. The number of ether oxygens (including phenoxy) is 1. The topological polar surface area (TPSA) is 76.1 Å². The standard InChI is InChI=1S/C16H13NO5/c1-21-14-7-6-10(8-13(14)18)9-22-17-15(19)11-4-2-3-5-12(11)16(17)20/h2-8,18H,9H2,1H3. The molecule has 0 fully saturated rings. The first-order valence-electron chi connectivity index (χ1n) is 6.58. The number of carbonyl (C=O) groups excluding carboxylic acids is 2. The van der Waals surface area contributed by atoms with Crippen molar-refractivity contribution in [3.05, 3.63) is 59.2 Å². The third kappa shape index (κ3) is 2.29. The second-order valence-electron chi connectivity index (χ2n) is 4.73. The average molecular weight is 299 g/mol. The Kier molecular flexibility index (Phi) is 3.52. The molecule has 0 bridgehead atoms. The van der Waals surface area contributed by atoms with E-state index in [9.17, 15) is 14.7 Å². The first kappa shape index (κ1) is 14.1. The molecule has 2 amide bonds. The van der Waals surface area contributed by atoms with Gasteiger partial charge in [-0.25, -0.2) is 0 Å². The molecule has 3 rings (SSSR count). The van der Waals surface area contributed by atoms with Crippen molar-refractivity contribution in [2.24, 2.45) is 0 Å². The quantitative estimate of drug-likeness (QED) is 0.875. The van der Waals surface area contributed by atoms with Gasteiger partial charge in [-0.3, -0.25) is 14.4 Å². The molecule has 0 radical (unpaired) electrons. The van der Waals surface area contributed by atoms with Crippen LogP contribution in [0.5, 0.6) is 11.5 Å². The largest absolute Gasteiger partial charge is 0.504 e. The van der Waals surface area contributed by atoms with Gasteiger partial charge in [0.15, 0.2) is 11.5 Å². The summed E-state index contributed by atoms with van der Waals surface area (Å²) in [5, 5.41) is 10.4. The maximum Gasteiger partial charge on any atom is 0.285 e. The number of hydrogen-bond donors (Lipinski definition) is 1. The number of hydrogen-bond acceptors (Lipinski definition) is 5. The fourth-order valence-corrected chi connectivity index (χ4v) is 2.25. The van der Waals surface area contributed by atoms with Crippen molar-refractivity contribution in [3.63, 3.8) is 0 Å². The summed E-state index contributed by atoms with van der Waals surface area (Å²) in [5.74, 6) is -0.674. The summed E-state index contributed by atoms with van der Waals surface area (Å²) in [6.45, 7) is -0.0248. The minimum atomic E-state index is -0.488. The van der Waals surface area contributed by atoms with Crippen molar-refractivity contribution < 1.29 is 24.3 Å². The van der Waals surface area contributed by atoms with Crippen LogP contribution in [0.2, 0.25) is 0 Å². The molecular weight excluding hydrogens is 286 g/mol. The summed E-state index contributed by atoms with van der Waals surface area (Å²) in [4.78, 5) is 29.5. The molecule has 0 aromatic heterocycles. The second-order valence-corrected chi connectivity index (χ2v) is 4.73. The zero-order valence-corrected chi connectivity index (χ0v) is 11.8. The number of carbonyl (C=O) groups is 2. The molecule has 0 aliphatic carbocycles. The van der Waals surface area contributed by atoms with Crippen LogP contribution in [0, 0.1) is 0 Å². The van der Waals surface area contributed by atoms with E-state index in [2.05, 4.69) is 0 Å². The van der Waals surface area contributed by atoms with Gasteiger partial charge in [0, 0.05) is 0 Å². The third-order valence-corrected chi connectivity index (χ3v) is 3.36. The van der Waals surface area contributed by atoms with E-state index in [4.69, 9.17) is 9.57 Å². The highest BCUT2D eigenvalue weighted by Gasteiger charge is 2.36. The lowest BCUT2D eigenvalue weighted by Crippen LogP contribution is -2.29. The maximum absolute atomic E-state index is 12.1. The molecule has 6 heteroatoms. The smallest absolute Gasteiger partial charge is 0.285 e. The zero-order chi connectivity index (χ0) is 15.7. The van der Waals surface area contributed by atoms with Gasteiger partial charge in [-0.15, -0.1) is 5.06 Å². The van der Waals surface area contributed by atoms with Crippen molar-refractivity contribution in [2.45, 2.75) is 6.61 Å². The highest BCUT2D eigenvalue weighted by molar-refractivity contribution is 6.20. The van der Waals surface area contributed by atoms with Crippen LogP contribution in [0.4, 0.5) is 0 Å². The summed E-state index contributed by atoms with van der Waals surface area (Å²) >= 11 is 0. The summed E-state index contributed by atoms with van der Waals surface area (Å²) in [5.41, 5.74) is 1.25. The fraction of sp³-hybridized carbons (Fsp3) is 0.125. The van der Waals surface area contributed by atoms with E-state index < -0.39 is 11.8 Å². The number of hydroxylamine groups is 2. The number of benzene rings is 2. The van der Waals surface area contributed by atoms with Crippen molar-refractivity contribution >= 4 is 11.8 Å². The highest BCUT2D eigenvalue weighted by atomic mass is 16.7. The number of aromatic hydroxyl groups is 1. The van der Waals surface area contributed by atoms with E-state index in [1.54, 1.807) is 36.4 Å². The number of phenols is 1. The molecule has 1 N–H and O–H groups in total. The lowest BCUT2D eigenvalue weighted by molar-refractivity contribution is -0.101. The number of fused-ring (bicyclic) bond motifs is 1. The van der Waals surface area contributed by atoms with Gasteiger partial charge >= 0.3 is 0 Å². The van der Waals surface area contributed by atoms with E-state index in [0.717, 1.165) is 5.06 Å². The van der Waals surface area contributed by atoms with Crippen LogP contribution in [0.25, 0.3) is 0 Å². The van der Waals surface area contributed by atoms with E-state index in [1.807, 2.05) is 0 Å². The molecule has 22 heavy (non-hydrogen) atoms. The van der Waals surface area contributed by atoms with Crippen molar-refractivity contribution in [1.29, 1.82) is 0 Å². The Hall–Kier alpha value is -2.86. The van der Waals surface area contributed by atoms with Gasteiger partial charge in [0.25, 0.3) is 11.8 Å². The Balaban J connectivity index is 1.74. The van der Waals surface area contributed by atoms with Crippen LogP contribution in [0.1, 0.15) is 26.3 Å². The van der Waals surface area contributed by atoms with Gasteiger partial charge in [0.1, 0.15) is 6.61 Å². The van der Waals surface area contributed by atoms with Gasteiger partial charge in [0.2, 0.25) is 0 Å². The normalized spacial score (nSPS) is 13.4. The van der Waals surface area contributed by atoms with Gasteiger partial charge in [-0.1, -0.05) is 18.2 Å². The van der Waals surface area contributed by atoms with Crippen LogP contribution < -0.4 is 4.74 Å². The van der Waals surface area contributed by atoms with Gasteiger partial charge < -0.3 is 9.84 Å². The van der Waals surface area contributed by atoms with Crippen LogP contribution in [0.15, 0.2) is 42.5 Å². The molecule has 2 aromatic carbocycles. The van der Waals surface area contributed by atoms with E-state index >= 15 is 0 Å². The minimum absolute atomic E-state index is 0.0248. The maximum atomic E-state index is 12.1. The molecular formula is C16H13NO5. The number of rotatable bonds is 4. The fourth-order valence-electron chi connectivity index (χ4n) is 2.25. The third-order valence-electron chi connectivity index (χ3n) is 3.36. The molecule has 0 saturated heterocycles. The second kappa shape index (κ2) is 5.50. The Morgan fingerprint density at radius 3 is 2.23 bits per heavy atom. The molecule has 0 atom stereocenters. The molecule has 1 heterocycles. The number of phenolic OH excluding ortho intramolecular Hbond substituents is 1. The Morgan fingerprint density at radius 2 is 1.68 bits per heavy atom. The number of nitrogens with zero attached hydrogens (tertiary/aromatic N) is 1. The van der Waals surface area contributed by atoms with E-state index in [-0.39, 0.29) is 12.4 Å². The molecule has 6 nitrogen and oxygen atoms in total. The molecule has 0 saturated carbocycles. The van der Waals surface area contributed by atoms with Crippen molar-refractivity contribution in [2.75, 3.05) is 7.11 Å². The number of amides is 2. The molecule has 112 valence electrons. The van der Waals surface area contributed by atoms with E-state index in [1.165, 1.54) is 13.2 Å². The molecule has 1 aliphatic heterocycles. The van der Waals surface area contributed by atoms with Crippen LogP contribution in [0.3, 0.4) is 0 Å². The summed E-state index contributed by atoms with van der Waals surface area (Å²) in [6, 6.07) is 11.3. The number of methoxy groups -OCH3 is 1. The minimum Gasteiger partial charge on any atom is -0.504 e. The van der Waals surface area contributed by atoms with Crippen molar-refractivity contribution in [3.8, 4) is 11.5 Å². The SMILES string of the molecule is COc1ccc(CON2C(=O)c3ccccc3C2=O)cc1O. The summed E-state index contributed by atoms with van der Waals surface area (Å²) in [7, 11) is 1.45. The lowest BCUT2D eigenvalue weighted by atomic mass is 10.1. The Labute approximate surface area is 126 Å². The number of imide groups is 1. The average Bonchev–Trinajstić information content (AvgIpc) is 2.77. The first-order valence-corrected chi connectivity index (χ1v) is 6.58. The van der Waals surface area contributed by atoms with Crippen LogP contribution >= 0.6 is 0 Å². The predicted molar refractivity (Wildman–Crippen MR) is 76.4 cm³/mol. The summed E-state index contributed by atoms with van der Waals surface area (Å²) in [6.07, 6.45) is 0.